The van der Waals surface area contributed by atoms with Crippen molar-refractivity contribution in [1.29, 1.82) is 0 Å². The number of hydrogen-bond donors (Lipinski definition) is 1. The van der Waals surface area contributed by atoms with Gasteiger partial charge in [-0.05, 0) is 53.2 Å². The minimum atomic E-state index is -1.10. The van der Waals surface area contributed by atoms with E-state index in [2.05, 4.69) is 15.9 Å². The van der Waals surface area contributed by atoms with Gasteiger partial charge in [0.2, 0.25) is 0 Å². The largest absolute Gasteiger partial charge is 0.493 e. The van der Waals surface area contributed by atoms with Crippen LogP contribution in [0.15, 0.2) is 51.8 Å². The lowest BCUT2D eigenvalue weighted by Gasteiger charge is -2.12. The van der Waals surface area contributed by atoms with E-state index in [0.717, 1.165) is 21.8 Å². The predicted molar refractivity (Wildman–Crippen MR) is 112 cm³/mol. The van der Waals surface area contributed by atoms with Crippen LogP contribution in [0.3, 0.4) is 0 Å². The number of imide groups is 1. The average molecular weight is 478 g/mol. The monoisotopic (exact) mass is 477 g/mol. The third kappa shape index (κ3) is 5.18. The van der Waals surface area contributed by atoms with Crippen LogP contribution in [-0.4, -0.2) is 40.8 Å². The summed E-state index contributed by atoms with van der Waals surface area (Å²) in [6.07, 6.45) is 1.59. The number of amides is 2. The first-order chi connectivity index (χ1) is 13.9. The maximum atomic E-state index is 12.7. The van der Waals surface area contributed by atoms with Crippen LogP contribution >= 0.6 is 27.7 Å². The fraction of sp³-hybridized carbons (Fsp3) is 0.150. The molecule has 0 unspecified atom stereocenters. The Hall–Kier alpha value is -2.78. The van der Waals surface area contributed by atoms with E-state index in [-0.39, 0.29) is 23.4 Å². The van der Waals surface area contributed by atoms with E-state index in [9.17, 15) is 14.4 Å². The van der Waals surface area contributed by atoms with Crippen molar-refractivity contribution in [2.24, 2.45) is 0 Å². The van der Waals surface area contributed by atoms with Crippen molar-refractivity contribution < 1.29 is 29.0 Å². The van der Waals surface area contributed by atoms with Crippen molar-refractivity contribution in [2.45, 2.75) is 6.54 Å². The number of benzene rings is 2. The summed E-state index contributed by atoms with van der Waals surface area (Å²) in [6.45, 7) is -0.300. The molecule has 0 aliphatic carbocycles. The third-order valence-corrected chi connectivity index (χ3v) is 5.40. The quantitative estimate of drug-likeness (QED) is 0.598. The van der Waals surface area contributed by atoms with Crippen LogP contribution in [-0.2, 0) is 16.1 Å². The van der Waals surface area contributed by atoms with Gasteiger partial charge in [0, 0.05) is 4.47 Å². The van der Waals surface area contributed by atoms with Gasteiger partial charge in [-0.25, -0.2) is 4.79 Å². The van der Waals surface area contributed by atoms with Crippen molar-refractivity contribution >= 4 is 50.9 Å². The molecule has 150 valence electrons. The van der Waals surface area contributed by atoms with Gasteiger partial charge in [-0.3, -0.25) is 14.5 Å². The molecule has 1 aliphatic heterocycles. The van der Waals surface area contributed by atoms with E-state index in [1.165, 1.54) is 12.0 Å². The number of nitrogens with zero attached hydrogens (tertiary/aromatic N) is 1. The zero-order chi connectivity index (χ0) is 21.0. The highest BCUT2D eigenvalue weighted by Crippen LogP contribution is 2.35. The van der Waals surface area contributed by atoms with Crippen molar-refractivity contribution in [1.82, 2.24) is 4.90 Å². The summed E-state index contributed by atoms with van der Waals surface area (Å²) >= 11 is 4.22. The lowest BCUT2D eigenvalue weighted by atomic mass is 10.1. The number of methoxy groups -OCH3 is 1. The maximum Gasteiger partial charge on any atom is 0.341 e. The summed E-state index contributed by atoms with van der Waals surface area (Å²) in [4.78, 5) is 37.1. The fourth-order valence-corrected chi connectivity index (χ4v) is 3.70. The second-order valence-corrected chi connectivity index (χ2v) is 7.90. The summed E-state index contributed by atoms with van der Waals surface area (Å²) in [6, 6.07) is 12.2. The predicted octanol–water partition coefficient (Wildman–Crippen LogP) is 4.16. The van der Waals surface area contributed by atoms with Gasteiger partial charge in [0.05, 0.1) is 18.6 Å². The summed E-state index contributed by atoms with van der Waals surface area (Å²) in [5.74, 6) is -0.867. The van der Waals surface area contributed by atoms with Gasteiger partial charge in [-0.2, -0.15) is 0 Å². The van der Waals surface area contributed by atoms with E-state index in [4.69, 9.17) is 14.6 Å². The minimum absolute atomic E-state index is 0.195. The molecule has 1 saturated heterocycles. The fourth-order valence-electron chi connectivity index (χ4n) is 2.59. The first-order valence-electron chi connectivity index (χ1n) is 8.40. The standard InChI is InChI=1S/C20H16BrNO6S/c1-27-16-8-13(4-7-15(16)28-11-18(23)24)9-17-19(25)22(20(26)29-17)10-12-2-5-14(21)6-3-12/h2-9H,10-11H2,1H3,(H,23,24)/b17-9-. The number of carbonyl (C=O) groups excluding carboxylic acids is 2. The number of rotatable bonds is 7. The molecular formula is C20H16BrNO6S. The van der Waals surface area contributed by atoms with Crippen LogP contribution < -0.4 is 9.47 Å². The number of halogens is 1. The Morgan fingerprint density at radius 2 is 1.90 bits per heavy atom. The van der Waals surface area contributed by atoms with Crippen LogP contribution in [0.2, 0.25) is 0 Å². The molecule has 1 aliphatic rings. The molecule has 0 radical (unpaired) electrons. The Morgan fingerprint density at radius 3 is 2.55 bits per heavy atom. The van der Waals surface area contributed by atoms with E-state index >= 15 is 0 Å². The van der Waals surface area contributed by atoms with Crippen molar-refractivity contribution in [2.75, 3.05) is 13.7 Å². The summed E-state index contributed by atoms with van der Waals surface area (Å²) in [5.41, 5.74) is 1.47. The average Bonchev–Trinajstić information content (AvgIpc) is 2.95. The summed E-state index contributed by atoms with van der Waals surface area (Å²) in [7, 11) is 1.43. The zero-order valence-electron chi connectivity index (χ0n) is 15.3. The number of thioether (sulfide) groups is 1. The molecule has 0 aromatic heterocycles. The molecule has 29 heavy (non-hydrogen) atoms. The molecule has 2 aromatic rings. The molecule has 0 atom stereocenters. The van der Waals surface area contributed by atoms with Crippen molar-refractivity contribution in [3.63, 3.8) is 0 Å². The lowest BCUT2D eigenvalue weighted by molar-refractivity contribution is -0.139. The maximum absolute atomic E-state index is 12.7. The number of ether oxygens (including phenoxy) is 2. The van der Waals surface area contributed by atoms with E-state index in [1.54, 1.807) is 24.3 Å². The van der Waals surface area contributed by atoms with Gasteiger partial charge >= 0.3 is 5.97 Å². The van der Waals surface area contributed by atoms with Crippen LogP contribution in [0.4, 0.5) is 4.79 Å². The van der Waals surface area contributed by atoms with Gasteiger partial charge < -0.3 is 14.6 Å². The molecule has 7 nitrogen and oxygen atoms in total. The first-order valence-corrected chi connectivity index (χ1v) is 10.0. The summed E-state index contributed by atoms with van der Waals surface area (Å²) < 4.78 is 11.3. The molecular weight excluding hydrogens is 462 g/mol. The molecule has 9 heteroatoms. The molecule has 3 rings (SSSR count). The highest BCUT2D eigenvalue weighted by molar-refractivity contribution is 9.10. The van der Waals surface area contributed by atoms with Crippen LogP contribution in [0.1, 0.15) is 11.1 Å². The Kier molecular flexibility index (Phi) is 6.60. The molecule has 0 spiro atoms. The smallest absolute Gasteiger partial charge is 0.341 e. The molecule has 2 aromatic carbocycles. The van der Waals surface area contributed by atoms with E-state index < -0.39 is 12.6 Å². The number of carboxylic acids is 1. The van der Waals surface area contributed by atoms with E-state index in [1.807, 2.05) is 24.3 Å². The second kappa shape index (κ2) is 9.15. The van der Waals surface area contributed by atoms with Gasteiger partial charge in [0.25, 0.3) is 11.1 Å². The molecule has 1 N–H and O–H groups in total. The SMILES string of the molecule is COc1cc(/C=C2\SC(=O)N(Cc3ccc(Br)cc3)C2=O)ccc1OCC(=O)O. The number of hydrogen-bond acceptors (Lipinski definition) is 6. The van der Waals surface area contributed by atoms with Crippen LogP contribution in [0.5, 0.6) is 11.5 Å². The lowest BCUT2D eigenvalue weighted by Crippen LogP contribution is -2.27. The third-order valence-electron chi connectivity index (χ3n) is 3.96. The highest BCUT2D eigenvalue weighted by atomic mass is 79.9. The Labute approximate surface area is 179 Å². The molecule has 1 fully saturated rings. The zero-order valence-corrected chi connectivity index (χ0v) is 17.7. The number of aliphatic carboxylic acids is 1. The Balaban J connectivity index is 1.78. The second-order valence-electron chi connectivity index (χ2n) is 5.99. The van der Waals surface area contributed by atoms with Gasteiger partial charge in [0.1, 0.15) is 0 Å². The number of carbonyl (C=O) groups is 3. The Bertz CT molecular complexity index is 989. The number of carboxylic acid groups (broad SMARTS) is 1. The van der Waals surface area contributed by atoms with Crippen molar-refractivity contribution in [3.8, 4) is 11.5 Å². The van der Waals surface area contributed by atoms with E-state index in [0.29, 0.717) is 16.2 Å². The first kappa shape index (κ1) is 20.9. The van der Waals surface area contributed by atoms with Crippen molar-refractivity contribution in [3.05, 3.63) is 63.0 Å². The van der Waals surface area contributed by atoms with Crippen LogP contribution in [0, 0.1) is 0 Å². The highest BCUT2D eigenvalue weighted by Gasteiger charge is 2.35. The minimum Gasteiger partial charge on any atom is -0.493 e. The topological polar surface area (TPSA) is 93.1 Å². The van der Waals surface area contributed by atoms with Crippen LogP contribution in [0.25, 0.3) is 6.08 Å². The van der Waals surface area contributed by atoms with Gasteiger partial charge in [-0.1, -0.05) is 34.1 Å². The normalized spacial score (nSPS) is 15.1. The van der Waals surface area contributed by atoms with Gasteiger partial charge in [-0.15, -0.1) is 0 Å². The summed E-state index contributed by atoms with van der Waals surface area (Å²) in [5, 5.41) is 8.39. The molecule has 1 heterocycles. The van der Waals surface area contributed by atoms with Gasteiger partial charge in [0.15, 0.2) is 18.1 Å². The molecule has 0 saturated carbocycles. The Morgan fingerprint density at radius 1 is 1.17 bits per heavy atom. The molecule has 2 amide bonds. The molecule has 0 bridgehead atoms.